The standard InChI is InChI=1S/C28H28FN3O4/c1-2-6-24(33)31-23-15-11-21(12-16-23)26-25(27(34)30-17-19-7-4-3-5-8-19)32(28(35)36-26)18-20-9-13-22(29)14-10-20/h3-5,7-16,25-26H,2,6,17-18H2,1H3,(H,30,34)(H,31,33)/t25-,26-/m1/s1. The minimum absolute atomic E-state index is 0.0822. The normalized spacial score (nSPS) is 16.9. The predicted octanol–water partition coefficient (Wildman–Crippen LogP) is 4.94. The van der Waals surface area contributed by atoms with Gasteiger partial charge in [0, 0.05) is 18.7 Å². The second kappa shape index (κ2) is 11.5. The van der Waals surface area contributed by atoms with Crippen molar-refractivity contribution < 1.29 is 23.5 Å². The average molecular weight is 490 g/mol. The summed E-state index contributed by atoms with van der Waals surface area (Å²) in [6.07, 6.45) is -0.325. The molecular weight excluding hydrogens is 461 g/mol. The Morgan fingerprint density at radius 1 is 0.944 bits per heavy atom. The number of nitrogens with one attached hydrogen (secondary N) is 2. The molecule has 186 valence electrons. The molecule has 3 aromatic rings. The maximum atomic E-state index is 13.4. The van der Waals surface area contributed by atoms with Crippen LogP contribution in [0.2, 0.25) is 0 Å². The summed E-state index contributed by atoms with van der Waals surface area (Å²) in [5.41, 5.74) is 2.84. The van der Waals surface area contributed by atoms with Crippen molar-refractivity contribution in [2.45, 2.75) is 45.0 Å². The van der Waals surface area contributed by atoms with E-state index in [-0.39, 0.29) is 24.2 Å². The zero-order valence-electron chi connectivity index (χ0n) is 19.9. The van der Waals surface area contributed by atoms with Crippen LogP contribution in [0.4, 0.5) is 14.9 Å². The molecule has 0 aliphatic carbocycles. The molecule has 0 spiro atoms. The Morgan fingerprint density at radius 2 is 1.64 bits per heavy atom. The Balaban J connectivity index is 1.56. The number of hydrogen-bond donors (Lipinski definition) is 2. The Hall–Kier alpha value is -4.20. The van der Waals surface area contributed by atoms with Crippen LogP contribution in [0.25, 0.3) is 0 Å². The molecule has 4 rings (SSSR count). The van der Waals surface area contributed by atoms with Gasteiger partial charge < -0.3 is 15.4 Å². The first-order valence-electron chi connectivity index (χ1n) is 11.9. The number of hydrogen-bond acceptors (Lipinski definition) is 4. The van der Waals surface area contributed by atoms with Gasteiger partial charge in [-0.25, -0.2) is 9.18 Å². The first-order chi connectivity index (χ1) is 17.4. The van der Waals surface area contributed by atoms with Gasteiger partial charge >= 0.3 is 6.09 Å². The summed E-state index contributed by atoms with van der Waals surface area (Å²) >= 11 is 0. The van der Waals surface area contributed by atoms with Crippen molar-refractivity contribution in [2.24, 2.45) is 0 Å². The van der Waals surface area contributed by atoms with Crippen LogP contribution in [0.15, 0.2) is 78.9 Å². The van der Waals surface area contributed by atoms with Gasteiger partial charge in [-0.15, -0.1) is 0 Å². The van der Waals surface area contributed by atoms with E-state index in [0.29, 0.717) is 29.8 Å². The van der Waals surface area contributed by atoms with Crippen LogP contribution in [-0.2, 0) is 27.4 Å². The van der Waals surface area contributed by atoms with Crippen LogP contribution in [0.3, 0.4) is 0 Å². The van der Waals surface area contributed by atoms with Crippen molar-refractivity contribution in [1.82, 2.24) is 10.2 Å². The average Bonchev–Trinajstić information content (AvgIpc) is 3.21. The molecule has 0 bridgehead atoms. The number of amides is 3. The van der Waals surface area contributed by atoms with E-state index in [1.54, 1.807) is 36.4 Å². The summed E-state index contributed by atoms with van der Waals surface area (Å²) < 4.78 is 19.1. The molecule has 2 N–H and O–H groups in total. The summed E-state index contributed by atoms with van der Waals surface area (Å²) in [4.78, 5) is 39.5. The van der Waals surface area contributed by atoms with Gasteiger partial charge in [0.05, 0.1) is 6.54 Å². The molecule has 1 fully saturated rings. The summed E-state index contributed by atoms with van der Waals surface area (Å²) in [5, 5.41) is 5.73. The first-order valence-corrected chi connectivity index (χ1v) is 11.9. The third-order valence-corrected chi connectivity index (χ3v) is 5.93. The third-order valence-electron chi connectivity index (χ3n) is 5.93. The summed E-state index contributed by atoms with van der Waals surface area (Å²) in [7, 11) is 0. The van der Waals surface area contributed by atoms with Gasteiger partial charge in [-0.2, -0.15) is 0 Å². The second-order valence-corrected chi connectivity index (χ2v) is 8.63. The van der Waals surface area contributed by atoms with Crippen LogP contribution < -0.4 is 10.6 Å². The Labute approximate surface area is 209 Å². The lowest BCUT2D eigenvalue weighted by molar-refractivity contribution is -0.126. The molecule has 8 heteroatoms. The van der Waals surface area contributed by atoms with Crippen molar-refractivity contribution in [3.05, 3.63) is 101 Å². The second-order valence-electron chi connectivity index (χ2n) is 8.63. The summed E-state index contributed by atoms with van der Waals surface area (Å²) in [5.74, 6) is -0.831. The SMILES string of the molecule is CCCC(=O)Nc1ccc([C@H]2OC(=O)N(Cc3ccc(F)cc3)[C@H]2C(=O)NCc2ccccc2)cc1. The number of carbonyl (C=O) groups is 3. The monoisotopic (exact) mass is 489 g/mol. The van der Waals surface area contributed by atoms with Crippen LogP contribution in [0, 0.1) is 5.82 Å². The number of carbonyl (C=O) groups excluding carboxylic acids is 3. The molecule has 0 saturated carbocycles. The molecule has 2 atom stereocenters. The molecule has 0 unspecified atom stereocenters. The fraction of sp³-hybridized carbons (Fsp3) is 0.250. The van der Waals surface area contributed by atoms with E-state index in [1.165, 1.54) is 17.0 Å². The Bertz CT molecular complexity index is 1200. The Kier molecular flexibility index (Phi) is 7.95. The topological polar surface area (TPSA) is 87.7 Å². The predicted molar refractivity (Wildman–Crippen MR) is 133 cm³/mol. The van der Waals surface area contributed by atoms with Crippen molar-refractivity contribution in [3.8, 4) is 0 Å². The van der Waals surface area contributed by atoms with Gasteiger partial charge in [0.2, 0.25) is 11.8 Å². The molecular formula is C28H28FN3O4. The van der Waals surface area contributed by atoms with E-state index < -0.39 is 18.2 Å². The number of halogens is 1. The van der Waals surface area contributed by atoms with Gasteiger partial charge in [-0.1, -0.05) is 61.5 Å². The molecule has 0 aromatic heterocycles. The fourth-order valence-electron chi connectivity index (χ4n) is 4.09. The number of nitrogens with zero attached hydrogens (tertiary/aromatic N) is 1. The largest absolute Gasteiger partial charge is 0.438 e. The number of cyclic esters (lactones) is 1. The van der Waals surface area contributed by atoms with E-state index in [4.69, 9.17) is 4.74 Å². The first kappa shape index (κ1) is 24.9. The summed E-state index contributed by atoms with van der Waals surface area (Å²) in [6.45, 7) is 2.31. The lowest BCUT2D eigenvalue weighted by Gasteiger charge is -2.24. The zero-order chi connectivity index (χ0) is 25.5. The highest BCUT2D eigenvalue weighted by atomic mass is 19.1. The van der Waals surface area contributed by atoms with E-state index >= 15 is 0 Å². The fourth-order valence-corrected chi connectivity index (χ4v) is 4.09. The quantitative estimate of drug-likeness (QED) is 0.446. The van der Waals surface area contributed by atoms with Crippen LogP contribution in [-0.4, -0.2) is 28.8 Å². The van der Waals surface area contributed by atoms with Crippen molar-refractivity contribution in [3.63, 3.8) is 0 Å². The number of anilines is 1. The van der Waals surface area contributed by atoms with Crippen LogP contribution in [0.1, 0.15) is 42.6 Å². The lowest BCUT2D eigenvalue weighted by atomic mass is 10.00. The highest BCUT2D eigenvalue weighted by Gasteiger charge is 2.46. The third kappa shape index (κ3) is 6.07. The number of benzene rings is 3. The Morgan fingerprint density at radius 3 is 2.31 bits per heavy atom. The number of rotatable bonds is 9. The van der Waals surface area contributed by atoms with E-state index in [1.807, 2.05) is 37.3 Å². The molecule has 0 radical (unpaired) electrons. The van der Waals surface area contributed by atoms with Gasteiger partial charge in [0.15, 0.2) is 12.1 Å². The minimum Gasteiger partial charge on any atom is -0.438 e. The molecule has 1 heterocycles. The van der Waals surface area contributed by atoms with Gasteiger partial charge in [0.1, 0.15) is 5.82 Å². The molecule has 7 nitrogen and oxygen atoms in total. The van der Waals surface area contributed by atoms with Gasteiger partial charge in [-0.05, 0) is 47.4 Å². The smallest absolute Gasteiger partial charge is 0.411 e. The highest BCUT2D eigenvalue weighted by Crippen LogP contribution is 2.34. The maximum absolute atomic E-state index is 13.4. The van der Waals surface area contributed by atoms with Gasteiger partial charge in [-0.3, -0.25) is 14.5 Å². The van der Waals surface area contributed by atoms with E-state index in [0.717, 1.165) is 12.0 Å². The van der Waals surface area contributed by atoms with E-state index in [9.17, 15) is 18.8 Å². The lowest BCUT2D eigenvalue weighted by Crippen LogP contribution is -2.46. The molecule has 3 aromatic carbocycles. The highest BCUT2D eigenvalue weighted by molar-refractivity contribution is 5.91. The van der Waals surface area contributed by atoms with Crippen molar-refractivity contribution >= 4 is 23.6 Å². The molecule has 1 aliphatic rings. The zero-order valence-corrected chi connectivity index (χ0v) is 19.9. The van der Waals surface area contributed by atoms with Crippen molar-refractivity contribution in [1.29, 1.82) is 0 Å². The minimum atomic E-state index is -0.938. The van der Waals surface area contributed by atoms with Crippen LogP contribution >= 0.6 is 0 Å². The maximum Gasteiger partial charge on any atom is 0.411 e. The van der Waals surface area contributed by atoms with Crippen molar-refractivity contribution in [2.75, 3.05) is 5.32 Å². The van der Waals surface area contributed by atoms with Crippen LogP contribution in [0.5, 0.6) is 0 Å². The molecule has 1 saturated heterocycles. The molecule has 3 amide bonds. The van der Waals surface area contributed by atoms with E-state index in [2.05, 4.69) is 10.6 Å². The number of ether oxygens (including phenoxy) is 1. The summed E-state index contributed by atoms with van der Waals surface area (Å²) in [6, 6.07) is 21.2. The van der Waals surface area contributed by atoms with Gasteiger partial charge in [0.25, 0.3) is 0 Å². The molecule has 1 aliphatic heterocycles. The molecule has 36 heavy (non-hydrogen) atoms.